The summed E-state index contributed by atoms with van der Waals surface area (Å²) in [4.78, 5) is 24.1. The molecule has 0 radical (unpaired) electrons. The molecule has 3 aromatic rings. The normalized spacial score (nSPS) is 10.7. The van der Waals surface area contributed by atoms with Crippen LogP contribution in [0.1, 0.15) is 16.1 Å². The lowest BCUT2D eigenvalue weighted by molar-refractivity contribution is -0.111. The number of furan rings is 1. The number of carbonyl (C=O) groups is 2. The first-order valence-electron chi connectivity index (χ1n) is 7.80. The minimum atomic E-state index is -0.283. The second-order valence-electron chi connectivity index (χ2n) is 5.35. The van der Waals surface area contributed by atoms with Crippen molar-refractivity contribution in [2.45, 2.75) is 0 Å². The molecule has 1 aromatic heterocycles. The van der Waals surface area contributed by atoms with Crippen LogP contribution in [-0.4, -0.2) is 11.8 Å². The van der Waals surface area contributed by atoms with Gasteiger partial charge in [0.2, 0.25) is 5.91 Å². The maximum absolute atomic E-state index is 12.2. The summed E-state index contributed by atoms with van der Waals surface area (Å²) in [6.45, 7) is 0. The van der Waals surface area contributed by atoms with Crippen LogP contribution in [0.3, 0.4) is 0 Å². The number of carbonyl (C=O) groups excluding carboxylic acids is 2. The molecule has 2 amide bonds. The first kappa shape index (κ1) is 17.7. The standard InChI is InChI=1S/C20H15BrN2O3/c21-17-13-15(22-19(24)11-9-16-7-4-12-26-16)8-10-18(17)23-20(25)14-5-2-1-3-6-14/h1-13H,(H,22,24)(H,23,25)/b11-9+. The van der Waals surface area contributed by atoms with Gasteiger partial charge in [0.25, 0.3) is 5.91 Å². The highest BCUT2D eigenvalue weighted by molar-refractivity contribution is 9.10. The Bertz CT molecular complexity index is 935. The second-order valence-corrected chi connectivity index (χ2v) is 6.21. The van der Waals surface area contributed by atoms with Crippen molar-refractivity contribution in [3.8, 4) is 0 Å². The maximum atomic E-state index is 12.2. The van der Waals surface area contributed by atoms with E-state index in [1.165, 1.54) is 12.3 Å². The van der Waals surface area contributed by atoms with Crippen molar-refractivity contribution in [2.24, 2.45) is 0 Å². The molecular weight excluding hydrogens is 396 g/mol. The number of halogens is 1. The summed E-state index contributed by atoms with van der Waals surface area (Å²) >= 11 is 3.41. The molecule has 6 heteroatoms. The number of hydrogen-bond acceptors (Lipinski definition) is 3. The zero-order chi connectivity index (χ0) is 18.4. The first-order chi connectivity index (χ1) is 12.6. The van der Waals surface area contributed by atoms with Gasteiger partial charge in [0.15, 0.2) is 0 Å². The van der Waals surface area contributed by atoms with Gasteiger partial charge in [-0.3, -0.25) is 9.59 Å². The molecule has 3 rings (SSSR count). The summed E-state index contributed by atoms with van der Waals surface area (Å²) in [5, 5.41) is 5.57. The summed E-state index contributed by atoms with van der Waals surface area (Å²) in [6.07, 6.45) is 4.51. The molecule has 0 aliphatic rings. The smallest absolute Gasteiger partial charge is 0.255 e. The van der Waals surface area contributed by atoms with Crippen LogP contribution in [0.2, 0.25) is 0 Å². The molecule has 0 atom stereocenters. The van der Waals surface area contributed by atoms with Gasteiger partial charge in [0, 0.05) is 21.8 Å². The number of rotatable bonds is 5. The van der Waals surface area contributed by atoms with Crippen LogP contribution < -0.4 is 10.6 Å². The Morgan fingerprint density at radius 2 is 1.77 bits per heavy atom. The zero-order valence-corrected chi connectivity index (χ0v) is 15.2. The number of nitrogens with one attached hydrogen (secondary N) is 2. The molecule has 0 bridgehead atoms. The van der Waals surface area contributed by atoms with Gasteiger partial charge in [-0.1, -0.05) is 18.2 Å². The summed E-state index contributed by atoms with van der Waals surface area (Å²) in [5.74, 6) is 0.110. The molecule has 130 valence electrons. The van der Waals surface area contributed by atoms with Crippen molar-refractivity contribution in [1.82, 2.24) is 0 Å². The average Bonchev–Trinajstić information content (AvgIpc) is 3.16. The number of hydrogen-bond donors (Lipinski definition) is 2. The summed E-state index contributed by atoms with van der Waals surface area (Å²) in [5.41, 5.74) is 1.78. The molecule has 0 saturated heterocycles. The lowest BCUT2D eigenvalue weighted by atomic mass is 10.2. The quantitative estimate of drug-likeness (QED) is 0.584. The SMILES string of the molecule is O=C(/C=C/c1ccco1)Nc1ccc(NC(=O)c2ccccc2)c(Br)c1. The van der Waals surface area contributed by atoms with Crippen LogP contribution in [0.15, 0.2) is 81.9 Å². The van der Waals surface area contributed by atoms with Crippen molar-refractivity contribution < 1.29 is 14.0 Å². The minimum Gasteiger partial charge on any atom is -0.465 e. The summed E-state index contributed by atoms with van der Waals surface area (Å²) in [6, 6.07) is 17.6. The van der Waals surface area contributed by atoms with Crippen LogP contribution in [0, 0.1) is 0 Å². The first-order valence-corrected chi connectivity index (χ1v) is 8.59. The van der Waals surface area contributed by atoms with E-state index in [4.69, 9.17) is 4.42 Å². The van der Waals surface area contributed by atoms with E-state index in [0.717, 1.165) is 0 Å². The number of amides is 2. The largest absolute Gasteiger partial charge is 0.465 e. The fourth-order valence-electron chi connectivity index (χ4n) is 2.21. The van der Waals surface area contributed by atoms with Crippen LogP contribution in [-0.2, 0) is 4.79 Å². The van der Waals surface area contributed by atoms with Crippen LogP contribution in [0.25, 0.3) is 6.08 Å². The highest BCUT2D eigenvalue weighted by atomic mass is 79.9. The van der Waals surface area contributed by atoms with E-state index in [0.29, 0.717) is 27.2 Å². The molecule has 1 heterocycles. The van der Waals surface area contributed by atoms with Crippen molar-refractivity contribution in [2.75, 3.05) is 10.6 Å². The van der Waals surface area contributed by atoms with Gasteiger partial charge < -0.3 is 15.1 Å². The number of benzene rings is 2. The predicted molar refractivity (Wildman–Crippen MR) is 105 cm³/mol. The Kier molecular flexibility index (Phi) is 5.66. The minimum absolute atomic E-state index is 0.204. The lowest BCUT2D eigenvalue weighted by Crippen LogP contribution is -2.12. The third kappa shape index (κ3) is 4.70. The molecule has 0 fully saturated rings. The van der Waals surface area contributed by atoms with Gasteiger partial charge >= 0.3 is 0 Å². The van der Waals surface area contributed by atoms with E-state index in [1.807, 2.05) is 6.07 Å². The summed E-state index contributed by atoms with van der Waals surface area (Å²) in [7, 11) is 0. The molecular formula is C20H15BrN2O3. The third-order valence-electron chi connectivity index (χ3n) is 3.46. The fourth-order valence-corrected chi connectivity index (χ4v) is 2.68. The van der Waals surface area contributed by atoms with E-state index >= 15 is 0 Å². The molecule has 0 aliphatic heterocycles. The van der Waals surface area contributed by atoms with Gasteiger partial charge in [-0.05, 0) is 64.5 Å². The predicted octanol–water partition coefficient (Wildman–Crippen LogP) is 4.95. The Morgan fingerprint density at radius 1 is 0.962 bits per heavy atom. The van der Waals surface area contributed by atoms with Crippen molar-refractivity contribution in [3.05, 3.63) is 88.8 Å². The van der Waals surface area contributed by atoms with Crippen molar-refractivity contribution in [1.29, 1.82) is 0 Å². The highest BCUT2D eigenvalue weighted by Gasteiger charge is 2.09. The van der Waals surface area contributed by atoms with E-state index in [9.17, 15) is 9.59 Å². The Morgan fingerprint density at radius 3 is 2.46 bits per heavy atom. The fraction of sp³-hybridized carbons (Fsp3) is 0. The number of anilines is 2. The molecule has 2 N–H and O–H groups in total. The van der Waals surface area contributed by atoms with Crippen LogP contribution in [0.4, 0.5) is 11.4 Å². The van der Waals surface area contributed by atoms with Crippen LogP contribution >= 0.6 is 15.9 Å². The van der Waals surface area contributed by atoms with Crippen molar-refractivity contribution in [3.63, 3.8) is 0 Å². The van der Waals surface area contributed by atoms with E-state index in [2.05, 4.69) is 26.6 Å². The Balaban J connectivity index is 1.64. The average molecular weight is 411 g/mol. The maximum Gasteiger partial charge on any atom is 0.255 e. The highest BCUT2D eigenvalue weighted by Crippen LogP contribution is 2.26. The topological polar surface area (TPSA) is 71.3 Å². The molecule has 0 saturated carbocycles. The molecule has 0 aliphatic carbocycles. The molecule has 26 heavy (non-hydrogen) atoms. The van der Waals surface area contributed by atoms with E-state index in [1.54, 1.807) is 60.7 Å². The van der Waals surface area contributed by atoms with Crippen molar-refractivity contribution >= 4 is 45.2 Å². The zero-order valence-electron chi connectivity index (χ0n) is 13.6. The third-order valence-corrected chi connectivity index (χ3v) is 4.12. The lowest BCUT2D eigenvalue weighted by Gasteiger charge is -2.09. The second kappa shape index (κ2) is 8.31. The van der Waals surface area contributed by atoms with E-state index < -0.39 is 0 Å². The molecule has 2 aromatic carbocycles. The molecule has 0 spiro atoms. The van der Waals surface area contributed by atoms with Gasteiger partial charge in [0.1, 0.15) is 5.76 Å². The van der Waals surface area contributed by atoms with Gasteiger partial charge in [0.05, 0.1) is 12.0 Å². The molecule has 5 nitrogen and oxygen atoms in total. The van der Waals surface area contributed by atoms with Crippen LogP contribution in [0.5, 0.6) is 0 Å². The Labute approximate surface area is 158 Å². The van der Waals surface area contributed by atoms with Gasteiger partial charge in [-0.2, -0.15) is 0 Å². The Hall–Kier alpha value is -3.12. The van der Waals surface area contributed by atoms with Gasteiger partial charge in [-0.25, -0.2) is 0 Å². The van der Waals surface area contributed by atoms with E-state index in [-0.39, 0.29) is 11.8 Å². The molecule has 0 unspecified atom stereocenters. The van der Waals surface area contributed by atoms with Gasteiger partial charge in [-0.15, -0.1) is 0 Å². The monoisotopic (exact) mass is 410 g/mol. The summed E-state index contributed by atoms with van der Waals surface area (Å²) < 4.78 is 5.79.